The van der Waals surface area contributed by atoms with Gasteiger partial charge in [0.2, 0.25) is 0 Å². The van der Waals surface area contributed by atoms with E-state index in [4.69, 9.17) is 14.2 Å². The van der Waals surface area contributed by atoms with Gasteiger partial charge in [0.1, 0.15) is 12.1 Å². The second kappa shape index (κ2) is 7.19. The molecule has 0 N–H and O–H groups in total. The largest absolute Gasteiger partial charge is 0.493 e. The van der Waals surface area contributed by atoms with Crippen molar-refractivity contribution in [1.82, 2.24) is 9.88 Å². The van der Waals surface area contributed by atoms with Crippen molar-refractivity contribution < 1.29 is 23.8 Å². The fourth-order valence-electron chi connectivity index (χ4n) is 3.73. The maximum atomic E-state index is 13.1. The van der Waals surface area contributed by atoms with Crippen molar-refractivity contribution >= 4 is 23.2 Å². The Balaban J connectivity index is 1.55. The summed E-state index contributed by atoms with van der Waals surface area (Å²) in [5, 5.41) is 1.91. The Hall–Kier alpha value is -2.61. The van der Waals surface area contributed by atoms with Crippen molar-refractivity contribution in [1.29, 1.82) is 0 Å². The number of likely N-dealkylation sites (tertiary alicyclic amines) is 1. The number of amides is 1. The Kier molecular flexibility index (Phi) is 4.73. The van der Waals surface area contributed by atoms with Gasteiger partial charge in [-0.1, -0.05) is 0 Å². The molecule has 0 saturated carbocycles. The van der Waals surface area contributed by atoms with Crippen molar-refractivity contribution in [3.63, 3.8) is 0 Å². The number of cyclic esters (lactones) is 1. The third-order valence-corrected chi connectivity index (χ3v) is 5.77. The Morgan fingerprint density at radius 3 is 2.96 bits per heavy atom. The van der Waals surface area contributed by atoms with Crippen LogP contribution in [0.1, 0.15) is 35.3 Å². The van der Waals surface area contributed by atoms with Gasteiger partial charge in [0, 0.05) is 23.9 Å². The lowest BCUT2D eigenvalue weighted by molar-refractivity contribution is -0.145. The Morgan fingerprint density at radius 2 is 2.26 bits per heavy atom. The van der Waals surface area contributed by atoms with E-state index in [0.29, 0.717) is 49.7 Å². The first kappa shape index (κ1) is 17.8. The van der Waals surface area contributed by atoms with Crippen LogP contribution in [0.3, 0.4) is 0 Å². The average Bonchev–Trinajstić information content (AvgIpc) is 3.43. The van der Waals surface area contributed by atoms with Gasteiger partial charge in [0.05, 0.1) is 24.9 Å². The summed E-state index contributed by atoms with van der Waals surface area (Å²) in [6, 6.07) is 5.08. The molecule has 7 nitrogen and oxygen atoms in total. The summed E-state index contributed by atoms with van der Waals surface area (Å²) in [5.41, 5.74) is 2.25. The summed E-state index contributed by atoms with van der Waals surface area (Å²) in [7, 11) is 1.53. The molecule has 2 saturated heterocycles. The van der Waals surface area contributed by atoms with E-state index in [9.17, 15) is 9.59 Å². The van der Waals surface area contributed by atoms with Gasteiger partial charge < -0.3 is 19.1 Å². The number of rotatable bonds is 5. The maximum absolute atomic E-state index is 13.1. The lowest BCUT2D eigenvalue weighted by atomic mass is 9.94. The zero-order valence-electron chi connectivity index (χ0n) is 15.0. The highest BCUT2D eigenvalue weighted by atomic mass is 32.1. The van der Waals surface area contributed by atoms with E-state index in [1.54, 1.807) is 28.6 Å². The smallest absolute Gasteiger partial charge is 0.332 e. The second-order valence-corrected chi connectivity index (χ2v) is 7.33. The summed E-state index contributed by atoms with van der Waals surface area (Å²) in [6.45, 7) is 1.25. The summed E-state index contributed by atoms with van der Waals surface area (Å²) >= 11 is 1.50. The minimum Gasteiger partial charge on any atom is -0.493 e. The topological polar surface area (TPSA) is 78.0 Å². The molecule has 2 aliphatic heterocycles. The number of carbonyl (C=O) groups is 2. The first-order valence-corrected chi connectivity index (χ1v) is 9.75. The molecule has 3 heterocycles. The Labute approximate surface area is 160 Å². The zero-order chi connectivity index (χ0) is 18.9. The van der Waals surface area contributed by atoms with Gasteiger partial charge in [-0.3, -0.25) is 4.79 Å². The highest BCUT2D eigenvalue weighted by Gasteiger charge is 2.54. The average molecular weight is 388 g/mol. The Bertz CT molecular complexity index is 850. The third-order valence-electron chi connectivity index (χ3n) is 5.13. The fraction of sp³-hybridized carbons (Fsp3) is 0.421. The number of hydrogen-bond acceptors (Lipinski definition) is 7. The summed E-state index contributed by atoms with van der Waals surface area (Å²) in [5.74, 6) is 0.538. The van der Waals surface area contributed by atoms with E-state index in [1.165, 1.54) is 18.4 Å². The maximum Gasteiger partial charge on any atom is 0.332 e. The lowest BCUT2D eigenvalue weighted by Gasteiger charge is -2.31. The van der Waals surface area contributed by atoms with E-state index in [0.717, 1.165) is 12.1 Å². The number of nitrogens with zero attached hydrogens (tertiary/aromatic N) is 2. The zero-order valence-corrected chi connectivity index (χ0v) is 15.8. The molecule has 2 fully saturated rings. The lowest BCUT2D eigenvalue weighted by Crippen LogP contribution is -2.50. The molecule has 1 atom stereocenters. The number of methoxy groups -OCH3 is 1. The second-order valence-electron chi connectivity index (χ2n) is 6.61. The standard InChI is InChI=1S/C19H20N2O5S/c1-24-16-9-13(3-4-15(16)26-10-14-11-27-12-20-14)17(22)21-7-2-5-19(21)6-8-25-18(19)23/h3-4,9,11-12H,2,5-8,10H2,1H3. The predicted octanol–water partition coefficient (Wildman–Crippen LogP) is 2.65. The molecule has 4 rings (SSSR count). The van der Waals surface area contributed by atoms with Gasteiger partial charge in [-0.2, -0.15) is 0 Å². The molecule has 1 aromatic carbocycles. The molecule has 8 heteroatoms. The van der Waals surface area contributed by atoms with Crippen LogP contribution < -0.4 is 9.47 Å². The Morgan fingerprint density at radius 1 is 1.37 bits per heavy atom. The number of benzene rings is 1. The monoisotopic (exact) mass is 388 g/mol. The minimum absolute atomic E-state index is 0.185. The van der Waals surface area contributed by atoms with Gasteiger partial charge in [0.15, 0.2) is 11.5 Å². The molecule has 1 amide bonds. The van der Waals surface area contributed by atoms with Gasteiger partial charge in [-0.15, -0.1) is 11.3 Å². The van der Waals surface area contributed by atoms with Crippen LogP contribution in [0.2, 0.25) is 0 Å². The molecule has 1 unspecified atom stereocenters. The summed E-state index contributed by atoms with van der Waals surface area (Å²) < 4.78 is 16.3. The number of carbonyl (C=O) groups excluding carboxylic acids is 2. The van der Waals surface area contributed by atoms with Gasteiger partial charge in [0.25, 0.3) is 5.91 Å². The highest BCUT2D eigenvalue weighted by Crippen LogP contribution is 2.39. The van der Waals surface area contributed by atoms with Gasteiger partial charge >= 0.3 is 5.97 Å². The molecule has 1 aromatic heterocycles. The molecule has 0 aliphatic carbocycles. The van der Waals surface area contributed by atoms with Gasteiger partial charge in [-0.25, -0.2) is 9.78 Å². The van der Waals surface area contributed by atoms with Crippen LogP contribution in [0.15, 0.2) is 29.1 Å². The molecule has 0 radical (unpaired) electrons. The molecule has 1 spiro atoms. The van der Waals surface area contributed by atoms with Crippen LogP contribution in [0.4, 0.5) is 0 Å². The van der Waals surface area contributed by atoms with E-state index in [1.807, 2.05) is 5.38 Å². The van der Waals surface area contributed by atoms with E-state index >= 15 is 0 Å². The fourth-order valence-corrected chi connectivity index (χ4v) is 4.27. The van der Waals surface area contributed by atoms with E-state index in [2.05, 4.69) is 4.98 Å². The molecule has 142 valence electrons. The predicted molar refractivity (Wildman–Crippen MR) is 98.0 cm³/mol. The normalized spacial score (nSPS) is 21.5. The van der Waals surface area contributed by atoms with Crippen molar-refractivity contribution in [3.05, 3.63) is 40.3 Å². The number of ether oxygens (including phenoxy) is 3. The minimum atomic E-state index is -0.801. The van der Waals surface area contributed by atoms with Crippen molar-refractivity contribution in [2.75, 3.05) is 20.3 Å². The number of aromatic nitrogens is 1. The summed E-state index contributed by atoms with van der Waals surface area (Å²) in [4.78, 5) is 31.2. The van der Waals surface area contributed by atoms with E-state index in [-0.39, 0.29) is 11.9 Å². The van der Waals surface area contributed by atoms with Crippen LogP contribution in [0, 0.1) is 0 Å². The number of esters is 1. The first-order valence-electron chi connectivity index (χ1n) is 8.81. The molecular weight excluding hydrogens is 368 g/mol. The quantitative estimate of drug-likeness (QED) is 0.733. The van der Waals surface area contributed by atoms with Crippen LogP contribution in [-0.4, -0.2) is 47.6 Å². The van der Waals surface area contributed by atoms with Crippen molar-refractivity contribution in [3.8, 4) is 11.5 Å². The van der Waals surface area contributed by atoms with Crippen LogP contribution in [0.25, 0.3) is 0 Å². The molecular formula is C19H20N2O5S. The molecule has 2 aromatic rings. The van der Waals surface area contributed by atoms with Crippen LogP contribution in [0.5, 0.6) is 11.5 Å². The molecule has 27 heavy (non-hydrogen) atoms. The SMILES string of the molecule is COc1cc(C(=O)N2CCCC23CCOC3=O)ccc1OCc1cscn1. The molecule has 0 bridgehead atoms. The van der Waals surface area contributed by atoms with Gasteiger partial charge in [-0.05, 0) is 31.0 Å². The highest BCUT2D eigenvalue weighted by molar-refractivity contribution is 7.07. The third kappa shape index (κ3) is 3.14. The number of thiazole rings is 1. The number of hydrogen-bond donors (Lipinski definition) is 0. The van der Waals surface area contributed by atoms with Crippen LogP contribution >= 0.6 is 11.3 Å². The van der Waals surface area contributed by atoms with Crippen LogP contribution in [-0.2, 0) is 16.1 Å². The van der Waals surface area contributed by atoms with Crippen molar-refractivity contribution in [2.45, 2.75) is 31.4 Å². The first-order chi connectivity index (χ1) is 13.1. The summed E-state index contributed by atoms with van der Waals surface area (Å²) in [6.07, 6.45) is 2.01. The molecule has 2 aliphatic rings. The van der Waals surface area contributed by atoms with Crippen molar-refractivity contribution in [2.24, 2.45) is 0 Å². The van der Waals surface area contributed by atoms with E-state index < -0.39 is 5.54 Å².